The summed E-state index contributed by atoms with van der Waals surface area (Å²) < 4.78 is 2.18. The van der Waals surface area contributed by atoms with Crippen LogP contribution in [0, 0.1) is 0 Å². The molecular weight excluding hydrogens is 382 g/mol. The third-order valence-corrected chi connectivity index (χ3v) is 6.35. The number of aromatic amines is 1. The number of pyridine rings is 2. The summed E-state index contributed by atoms with van der Waals surface area (Å²) in [4.78, 5) is 14.6. The van der Waals surface area contributed by atoms with E-state index in [-0.39, 0.29) is 0 Å². The first kappa shape index (κ1) is 19.5. The van der Waals surface area contributed by atoms with Crippen LogP contribution in [0.2, 0.25) is 0 Å². The van der Waals surface area contributed by atoms with Crippen LogP contribution in [0.1, 0.15) is 37.4 Å². The normalized spacial score (nSPS) is 16.4. The Morgan fingerprint density at radius 1 is 1.26 bits per heavy atom. The van der Waals surface area contributed by atoms with E-state index in [9.17, 15) is 0 Å². The van der Waals surface area contributed by atoms with Gasteiger partial charge in [-0.05, 0) is 49.0 Å². The van der Waals surface area contributed by atoms with Crippen molar-refractivity contribution in [1.82, 2.24) is 14.9 Å². The van der Waals surface area contributed by atoms with Crippen LogP contribution in [0.5, 0.6) is 0 Å². The number of rotatable bonds is 5. The summed E-state index contributed by atoms with van der Waals surface area (Å²) in [5.41, 5.74) is 9.05. The number of nitrogens with zero attached hydrogens (tertiary/aromatic N) is 4. The molecule has 31 heavy (non-hydrogen) atoms. The Morgan fingerprint density at radius 3 is 2.87 bits per heavy atom. The van der Waals surface area contributed by atoms with Crippen molar-refractivity contribution in [2.24, 2.45) is 4.99 Å². The molecule has 5 heteroatoms. The second-order valence-corrected chi connectivity index (χ2v) is 8.16. The van der Waals surface area contributed by atoms with Gasteiger partial charge < -0.3 is 9.88 Å². The average Bonchev–Trinajstić information content (AvgIpc) is 3.23. The predicted molar refractivity (Wildman–Crippen MR) is 129 cm³/mol. The number of fused-ring (bicyclic) bond motifs is 2. The lowest BCUT2D eigenvalue weighted by atomic mass is 9.95. The molecule has 1 fully saturated rings. The molecular formula is C26H28N5+. The zero-order valence-electron chi connectivity index (χ0n) is 18.2. The van der Waals surface area contributed by atoms with Gasteiger partial charge in [-0.1, -0.05) is 12.7 Å². The van der Waals surface area contributed by atoms with Crippen LogP contribution in [0.15, 0.2) is 60.1 Å². The number of hydrogen-bond donors (Lipinski definition) is 1. The Bertz CT molecular complexity index is 1250. The molecule has 0 spiro atoms. The quantitative estimate of drug-likeness (QED) is 0.479. The van der Waals surface area contributed by atoms with Gasteiger partial charge in [0.05, 0.1) is 0 Å². The minimum Gasteiger partial charge on any atom is -0.371 e. The van der Waals surface area contributed by atoms with Gasteiger partial charge in [0.1, 0.15) is 11.2 Å². The van der Waals surface area contributed by atoms with Crippen molar-refractivity contribution in [3.63, 3.8) is 0 Å². The van der Waals surface area contributed by atoms with Crippen LogP contribution in [-0.2, 0) is 0 Å². The highest BCUT2D eigenvalue weighted by molar-refractivity contribution is 6.16. The van der Waals surface area contributed by atoms with Crippen molar-refractivity contribution in [2.45, 2.75) is 26.2 Å². The highest BCUT2D eigenvalue weighted by atomic mass is 15.2. The molecule has 3 aromatic heterocycles. The molecule has 2 aliphatic rings. The van der Waals surface area contributed by atoms with Crippen molar-refractivity contribution in [3.8, 4) is 11.1 Å². The van der Waals surface area contributed by atoms with E-state index in [1.807, 2.05) is 19.3 Å². The van der Waals surface area contributed by atoms with Crippen LogP contribution < -0.4 is 4.57 Å². The summed E-state index contributed by atoms with van der Waals surface area (Å²) in [7, 11) is 1.80. The Labute approximate surface area is 183 Å². The van der Waals surface area contributed by atoms with Gasteiger partial charge in [0, 0.05) is 67.5 Å². The lowest BCUT2D eigenvalue weighted by Crippen LogP contribution is -2.41. The van der Waals surface area contributed by atoms with Crippen molar-refractivity contribution < 1.29 is 4.57 Å². The van der Waals surface area contributed by atoms with Crippen LogP contribution in [0.4, 0.5) is 0 Å². The molecule has 0 unspecified atom stereocenters. The molecule has 3 aromatic rings. The second-order valence-electron chi connectivity index (χ2n) is 8.16. The van der Waals surface area contributed by atoms with E-state index in [0.717, 1.165) is 46.5 Å². The zero-order valence-corrected chi connectivity index (χ0v) is 18.2. The number of H-pyrrole nitrogens is 1. The van der Waals surface area contributed by atoms with Crippen molar-refractivity contribution >= 4 is 34.6 Å². The Kier molecular flexibility index (Phi) is 5.02. The third-order valence-electron chi connectivity index (χ3n) is 6.35. The van der Waals surface area contributed by atoms with Gasteiger partial charge in [0.2, 0.25) is 5.69 Å². The maximum atomic E-state index is 4.56. The topological polar surface area (TPSA) is 48.2 Å². The molecule has 5 heterocycles. The lowest BCUT2D eigenvalue weighted by molar-refractivity contribution is -0.582. The van der Waals surface area contributed by atoms with Gasteiger partial charge in [0.15, 0.2) is 12.4 Å². The summed E-state index contributed by atoms with van der Waals surface area (Å²) >= 11 is 0. The van der Waals surface area contributed by atoms with Crippen LogP contribution in [-0.4, -0.2) is 41.2 Å². The van der Waals surface area contributed by atoms with Crippen LogP contribution in [0.25, 0.3) is 39.5 Å². The first-order chi connectivity index (χ1) is 15.2. The van der Waals surface area contributed by atoms with Crippen LogP contribution >= 0.6 is 0 Å². The first-order valence-electron chi connectivity index (χ1n) is 11.0. The molecule has 0 bridgehead atoms. The third kappa shape index (κ3) is 3.30. The fraction of sp³-hybridized carbons (Fsp3) is 0.269. The second kappa shape index (κ2) is 7.99. The minimum absolute atomic E-state index is 0.889. The Morgan fingerprint density at radius 2 is 2.10 bits per heavy atom. The number of allylic oxidation sites excluding steroid dienone is 3. The van der Waals surface area contributed by atoms with Crippen molar-refractivity contribution in [1.29, 1.82) is 0 Å². The zero-order chi connectivity index (χ0) is 21.4. The summed E-state index contributed by atoms with van der Waals surface area (Å²) in [6, 6.07) is 6.51. The van der Waals surface area contributed by atoms with Gasteiger partial charge in [-0.2, -0.15) is 4.57 Å². The average molecular weight is 411 g/mol. The predicted octanol–water partition coefficient (Wildman–Crippen LogP) is 4.93. The number of aromatic nitrogens is 3. The van der Waals surface area contributed by atoms with E-state index in [2.05, 4.69) is 73.9 Å². The molecule has 0 amide bonds. The molecule has 156 valence electrons. The van der Waals surface area contributed by atoms with Gasteiger partial charge in [0.25, 0.3) is 0 Å². The fourth-order valence-corrected chi connectivity index (χ4v) is 4.67. The van der Waals surface area contributed by atoms with E-state index in [0.29, 0.717) is 0 Å². The molecule has 0 atom stereocenters. The number of piperidine rings is 1. The SMILES string of the molecule is C=C(C1=C[n+]2ccc(-c3c[nH]c4nccc(/C(C=NC)=C/C)c34)cc21)N1CCCCC1. The summed E-state index contributed by atoms with van der Waals surface area (Å²) in [5.74, 6) is 0. The standard InChI is InChI=1S/C26H27N5/c1-4-19(15-27-3)21-8-10-28-26-25(21)22(16-29-26)20-9-13-31-17-23(24(31)14-20)18(2)30-11-6-5-7-12-30/h4,8-10,13-17H,2,5-7,11-12H2,1,3H3/p+1/b19-4+,27-15?. The first-order valence-corrected chi connectivity index (χ1v) is 11.0. The largest absolute Gasteiger partial charge is 0.371 e. The Hall–Kier alpha value is -3.47. The smallest absolute Gasteiger partial charge is 0.226 e. The summed E-state index contributed by atoms with van der Waals surface area (Å²) in [6.45, 7) is 8.68. The molecule has 5 nitrogen and oxygen atoms in total. The monoisotopic (exact) mass is 410 g/mol. The molecule has 0 radical (unpaired) electrons. The Balaban J connectivity index is 1.55. The molecule has 1 saturated heterocycles. The van der Waals surface area contributed by atoms with Crippen molar-refractivity contribution in [3.05, 3.63) is 66.4 Å². The van der Waals surface area contributed by atoms with Gasteiger partial charge in [-0.25, -0.2) is 4.98 Å². The highest BCUT2D eigenvalue weighted by Crippen LogP contribution is 2.36. The van der Waals surface area contributed by atoms with Gasteiger partial charge >= 0.3 is 0 Å². The van der Waals surface area contributed by atoms with E-state index in [4.69, 9.17) is 0 Å². The number of hydrogen-bond acceptors (Lipinski definition) is 3. The van der Waals surface area contributed by atoms with E-state index < -0.39 is 0 Å². The molecule has 0 saturated carbocycles. The molecule has 1 N–H and O–H groups in total. The summed E-state index contributed by atoms with van der Waals surface area (Å²) in [6.07, 6.45) is 16.1. The maximum absolute atomic E-state index is 4.56. The van der Waals surface area contributed by atoms with Crippen LogP contribution in [0.3, 0.4) is 0 Å². The van der Waals surface area contributed by atoms with Crippen molar-refractivity contribution in [2.75, 3.05) is 20.1 Å². The van der Waals surface area contributed by atoms with Gasteiger partial charge in [-0.15, -0.1) is 0 Å². The van der Waals surface area contributed by atoms with E-state index >= 15 is 0 Å². The number of nitrogens with one attached hydrogen (secondary N) is 1. The highest BCUT2D eigenvalue weighted by Gasteiger charge is 2.32. The molecule has 0 aromatic carbocycles. The minimum atomic E-state index is 0.889. The molecule has 2 aliphatic heterocycles. The lowest BCUT2D eigenvalue weighted by Gasteiger charge is -2.31. The molecule has 5 rings (SSSR count). The maximum Gasteiger partial charge on any atom is 0.226 e. The van der Waals surface area contributed by atoms with Gasteiger partial charge in [-0.3, -0.25) is 4.99 Å². The fourth-order valence-electron chi connectivity index (χ4n) is 4.67. The number of likely N-dealkylation sites (tertiary alicyclic amines) is 1. The number of aliphatic imine (C=N–C) groups is 1. The van der Waals surface area contributed by atoms with E-state index in [1.54, 1.807) is 7.05 Å². The molecule has 0 aliphatic carbocycles. The summed E-state index contributed by atoms with van der Waals surface area (Å²) in [5, 5.41) is 1.13. The van der Waals surface area contributed by atoms with E-state index in [1.165, 1.54) is 36.1 Å².